The summed E-state index contributed by atoms with van der Waals surface area (Å²) in [6, 6.07) is 5.04. The summed E-state index contributed by atoms with van der Waals surface area (Å²) in [4.78, 5) is 4.58. The lowest BCUT2D eigenvalue weighted by Gasteiger charge is -2.21. The Morgan fingerprint density at radius 1 is 1.47 bits per heavy atom. The molecule has 0 radical (unpaired) electrons. The van der Waals surface area contributed by atoms with Crippen LogP contribution in [-0.2, 0) is 0 Å². The molecule has 0 bridgehead atoms. The molecule has 0 aliphatic carbocycles. The minimum absolute atomic E-state index is 0.234. The van der Waals surface area contributed by atoms with E-state index in [1.54, 1.807) is 10.5 Å². The van der Waals surface area contributed by atoms with Crippen molar-refractivity contribution in [2.75, 3.05) is 13.1 Å². The second kappa shape index (κ2) is 4.11. The molecule has 1 N–H and O–H groups in total. The first-order chi connectivity index (χ1) is 8.27. The molecule has 1 aliphatic rings. The van der Waals surface area contributed by atoms with E-state index >= 15 is 0 Å². The molecule has 2 aromatic heterocycles. The van der Waals surface area contributed by atoms with Crippen LogP contribution < -0.4 is 5.32 Å². The van der Waals surface area contributed by atoms with E-state index in [4.69, 9.17) is 0 Å². The maximum atomic E-state index is 13.7. The molecule has 1 unspecified atom stereocenters. The van der Waals surface area contributed by atoms with Crippen molar-refractivity contribution in [1.82, 2.24) is 14.7 Å². The lowest BCUT2D eigenvalue weighted by molar-refractivity contribution is 0.454. The lowest BCUT2D eigenvalue weighted by atomic mass is 9.95. The maximum absolute atomic E-state index is 13.7. The van der Waals surface area contributed by atoms with E-state index in [0.717, 1.165) is 30.9 Å². The van der Waals surface area contributed by atoms with Crippen LogP contribution in [0.15, 0.2) is 18.2 Å². The minimum Gasteiger partial charge on any atom is -0.316 e. The molecule has 3 rings (SSSR count). The Morgan fingerprint density at radius 3 is 3.06 bits per heavy atom. The molecule has 1 saturated heterocycles. The van der Waals surface area contributed by atoms with Crippen LogP contribution in [0.5, 0.6) is 0 Å². The summed E-state index contributed by atoms with van der Waals surface area (Å²) in [5, 5.41) is 3.38. The third-order valence-electron chi connectivity index (χ3n) is 3.55. The van der Waals surface area contributed by atoms with Crippen LogP contribution in [0.3, 0.4) is 0 Å². The third-order valence-corrected chi connectivity index (χ3v) is 3.55. The smallest absolute Gasteiger partial charge is 0.199 e. The molecule has 2 aromatic rings. The Balaban J connectivity index is 2.10. The predicted octanol–water partition coefficient (Wildman–Crippen LogP) is 2.25. The highest BCUT2D eigenvalue weighted by Crippen LogP contribution is 2.26. The van der Waals surface area contributed by atoms with Crippen molar-refractivity contribution >= 4 is 5.65 Å². The van der Waals surface area contributed by atoms with Gasteiger partial charge in [0.25, 0.3) is 0 Å². The first-order valence-corrected chi connectivity index (χ1v) is 6.11. The molecule has 3 nitrogen and oxygen atoms in total. The number of hydrogen-bond donors (Lipinski definition) is 1. The van der Waals surface area contributed by atoms with Crippen LogP contribution in [0.25, 0.3) is 5.65 Å². The molecule has 3 heterocycles. The number of hydrogen-bond acceptors (Lipinski definition) is 2. The van der Waals surface area contributed by atoms with Crippen LogP contribution in [0.1, 0.15) is 30.1 Å². The van der Waals surface area contributed by atoms with Crippen molar-refractivity contribution < 1.29 is 4.39 Å². The quantitative estimate of drug-likeness (QED) is 0.765. The highest BCUT2D eigenvalue weighted by molar-refractivity contribution is 5.44. The summed E-state index contributed by atoms with van der Waals surface area (Å²) in [5.41, 5.74) is 2.69. The average molecular weight is 233 g/mol. The number of pyridine rings is 1. The summed E-state index contributed by atoms with van der Waals surface area (Å²) in [6.07, 6.45) is 2.31. The molecule has 1 fully saturated rings. The molecular weight excluding hydrogens is 217 g/mol. The summed E-state index contributed by atoms with van der Waals surface area (Å²) < 4.78 is 15.3. The van der Waals surface area contributed by atoms with Gasteiger partial charge in [-0.2, -0.15) is 4.39 Å². The minimum atomic E-state index is -0.234. The number of piperidine rings is 1. The molecule has 90 valence electrons. The summed E-state index contributed by atoms with van der Waals surface area (Å²) in [5.74, 6) is 0.186. The number of imidazole rings is 1. The van der Waals surface area contributed by atoms with Crippen molar-refractivity contribution in [3.8, 4) is 0 Å². The van der Waals surface area contributed by atoms with Gasteiger partial charge >= 0.3 is 0 Å². The summed E-state index contributed by atoms with van der Waals surface area (Å²) >= 11 is 0. The zero-order chi connectivity index (χ0) is 11.8. The lowest BCUT2D eigenvalue weighted by Crippen LogP contribution is -2.28. The van der Waals surface area contributed by atoms with Crippen LogP contribution in [0.2, 0.25) is 0 Å². The van der Waals surface area contributed by atoms with E-state index < -0.39 is 0 Å². The zero-order valence-electron chi connectivity index (χ0n) is 9.91. The van der Waals surface area contributed by atoms with Gasteiger partial charge in [0.1, 0.15) is 5.65 Å². The topological polar surface area (TPSA) is 29.3 Å². The zero-order valence-corrected chi connectivity index (χ0v) is 9.91. The fourth-order valence-corrected chi connectivity index (χ4v) is 2.68. The SMILES string of the molecule is Cc1c(C2CCCNC2)nc2cccc(F)n12. The molecule has 0 spiro atoms. The van der Waals surface area contributed by atoms with Crippen molar-refractivity contribution in [3.05, 3.63) is 35.5 Å². The van der Waals surface area contributed by atoms with Gasteiger partial charge in [0.15, 0.2) is 5.95 Å². The van der Waals surface area contributed by atoms with Crippen molar-refractivity contribution in [2.24, 2.45) is 0 Å². The maximum Gasteiger partial charge on any atom is 0.199 e. The molecule has 1 atom stereocenters. The fourth-order valence-electron chi connectivity index (χ4n) is 2.68. The van der Waals surface area contributed by atoms with E-state index in [0.29, 0.717) is 11.6 Å². The van der Waals surface area contributed by atoms with Gasteiger partial charge in [-0.3, -0.25) is 4.40 Å². The van der Waals surface area contributed by atoms with Crippen molar-refractivity contribution in [2.45, 2.75) is 25.7 Å². The normalized spacial score (nSPS) is 20.9. The van der Waals surface area contributed by atoms with E-state index in [-0.39, 0.29) is 5.95 Å². The second-order valence-corrected chi connectivity index (χ2v) is 4.67. The highest BCUT2D eigenvalue weighted by Gasteiger charge is 2.21. The van der Waals surface area contributed by atoms with Gasteiger partial charge in [-0.05, 0) is 38.4 Å². The average Bonchev–Trinajstić information content (AvgIpc) is 2.69. The third kappa shape index (κ3) is 1.72. The van der Waals surface area contributed by atoms with Crippen molar-refractivity contribution in [3.63, 3.8) is 0 Å². The number of halogens is 1. The van der Waals surface area contributed by atoms with Crippen LogP contribution in [-0.4, -0.2) is 22.5 Å². The van der Waals surface area contributed by atoms with Crippen LogP contribution in [0.4, 0.5) is 4.39 Å². The summed E-state index contributed by atoms with van der Waals surface area (Å²) in [7, 11) is 0. The van der Waals surface area contributed by atoms with Crippen LogP contribution >= 0.6 is 0 Å². The Bertz CT molecular complexity index is 541. The van der Waals surface area contributed by atoms with Gasteiger partial charge in [0.05, 0.1) is 5.69 Å². The highest BCUT2D eigenvalue weighted by atomic mass is 19.1. The van der Waals surface area contributed by atoms with Gasteiger partial charge < -0.3 is 5.32 Å². The number of nitrogens with one attached hydrogen (secondary N) is 1. The fraction of sp³-hybridized carbons (Fsp3) is 0.462. The molecule has 1 aliphatic heterocycles. The van der Waals surface area contributed by atoms with Gasteiger partial charge in [-0.25, -0.2) is 4.98 Å². The number of aromatic nitrogens is 2. The van der Waals surface area contributed by atoms with E-state index in [1.165, 1.54) is 12.5 Å². The molecule has 4 heteroatoms. The summed E-state index contributed by atoms with van der Waals surface area (Å²) in [6.45, 7) is 3.98. The van der Waals surface area contributed by atoms with Gasteiger partial charge in [-0.1, -0.05) is 6.07 Å². The van der Waals surface area contributed by atoms with Crippen molar-refractivity contribution in [1.29, 1.82) is 0 Å². The molecule has 0 saturated carbocycles. The Kier molecular flexibility index (Phi) is 2.59. The molecule has 17 heavy (non-hydrogen) atoms. The number of aryl methyl sites for hydroxylation is 1. The standard InChI is InChI=1S/C13H16FN3/c1-9-13(10-4-3-7-15-8-10)16-12-6-2-5-11(14)17(9)12/h2,5-6,10,15H,3-4,7-8H2,1H3. The number of rotatable bonds is 1. The van der Waals surface area contributed by atoms with Gasteiger partial charge in [0, 0.05) is 18.2 Å². The molecular formula is C13H16FN3. The predicted molar refractivity (Wildman–Crippen MR) is 64.7 cm³/mol. The number of fused-ring (bicyclic) bond motifs is 1. The van der Waals surface area contributed by atoms with Gasteiger partial charge in [-0.15, -0.1) is 0 Å². The Hall–Kier alpha value is -1.42. The first-order valence-electron chi connectivity index (χ1n) is 6.11. The Morgan fingerprint density at radius 2 is 2.35 bits per heavy atom. The second-order valence-electron chi connectivity index (χ2n) is 4.67. The van der Waals surface area contributed by atoms with E-state index in [9.17, 15) is 4.39 Å². The monoisotopic (exact) mass is 233 g/mol. The largest absolute Gasteiger partial charge is 0.316 e. The number of nitrogens with zero attached hydrogens (tertiary/aromatic N) is 2. The van der Waals surface area contributed by atoms with Gasteiger partial charge in [0.2, 0.25) is 0 Å². The molecule has 0 amide bonds. The first kappa shape index (κ1) is 10.7. The van der Waals surface area contributed by atoms with E-state index in [1.807, 2.05) is 13.0 Å². The Labute approximate surface area is 99.7 Å². The molecule has 0 aromatic carbocycles. The van der Waals surface area contributed by atoms with E-state index in [2.05, 4.69) is 10.3 Å². The van der Waals surface area contributed by atoms with Crippen LogP contribution in [0, 0.1) is 12.9 Å².